The number of rotatable bonds is 2. The molecule has 1 aromatic carbocycles. The van der Waals surface area contributed by atoms with Crippen LogP contribution >= 0.6 is 0 Å². The molecular weight excluding hydrogens is 193 g/mol. The topological polar surface area (TPSA) is 40.9 Å². The highest BCUT2D eigenvalue weighted by atomic mass is 19.1. The molecule has 2 nitrogen and oxygen atoms in total. The number of nitriles is 1. The summed E-state index contributed by atoms with van der Waals surface area (Å²) in [6.45, 7) is 0. The SMILES string of the molecule is N#CCc1ccc(F)cc1C#CCC=O. The van der Waals surface area contributed by atoms with E-state index >= 15 is 0 Å². The van der Waals surface area contributed by atoms with Gasteiger partial charge in [-0.1, -0.05) is 17.9 Å². The highest BCUT2D eigenvalue weighted by molar-refractivity contribution is 5.55. The minimum atomic E-state index is -0.396. The number of halogens is 1. The first-order valence-electron chi connectivity index (χ1n) is 4.36. The van der Waals surface area contributed by atoms with Gasteiger partial charge in [-0.25, -0.2) is 4.39 Å². The van der Waals surface area contributed by atoms with Gasteiger partial charge >= 0.3 is 0 Å². The predicted molar refractivity (Wildman–Crippen MR) is 53.3 cm³/mol. The molecule has 0 heterocycles. The molecule has 0 fully saturated rings. The first kappa shape index (κ1) is 10.9. The second kappa shape index (κ2) is 5.57. The molecule has 3 heteroatoms. The Morgan fingerprint density at radius 2 is 2.27 bits per heavy atom. The summed E-state index contributed by atoms with van der Waals surface area (Å²) in [6, 6.07) is 6.06. The van der Waals surface area contributed by atoms with Crippen molar-refractivity contribution in [2.75, 3.05) is 0 Å². The maximum Gasteiger partial charge on any atom is 0.131 e. The number of carbonyl (C=O) groups is 1. The molecule has 1 aromatic rings. The van der Waals surface area contributed by atoms with Gasteiger partial charge in [-0.3, -0.25) is 0 Å². The third kappa shape index (κ3) is 3.25. The van der Waals surface area contributed by atoms with Gasteiger partial charge in [0.2, 0.25) is 0 Å². The average molecular weight is 201 g/mol. The summed E-state index contributed by atoms with van der Waals surface area (Å²) in [5, 5.41) is 8.54. The van der Waals surface area contributed by atoms with Crippen LogP contribution in [-0.4, -0.2) is 6.29 Å². The fraction of sp³-hybridized carbons (Fsp3) is 0.167. The number of benzene rings is 1. The lowest BCUT2D eigenvalue weighted by atomic mass is 10.1. The zero-order valence-electron chi connectivity index (χ0n) is 7.96. The monoisotopic (exact) mass is 201 g/mol. The van der Waals surface area contributed by atoms with Gasteiger partial charge in [-0.15, -0.1) is 0 Å². The quantitative estimate of drug-likeness (QED) is 0.541. The van der Waals surface area contributed by atoms with Crippen molar-refractivity contribution in [1.82, 2.24) is 0 Å². The van der Waals surface area contributed by atoms with Crippen molar-refractivity contribution in [2.24, 2.45) is 0 Å². The van der Waals surface area contributed by atoms with Crippen molar-refractivity contribution in [2.45, 2.75) is 12.8 Å². The highest BCUT2D eigenvalue weighted by Gasteiger charge is 2.00. The van der Waals surface area contributed by atoms with Crippen LogP contribution in [-0.2, 0) is 11.2 Å². The van der Waals surface area contributed by atoms with Crippen molar-refractivity contribution >= 4 is 6.29 Å². The normalized spacial score (nSPS) is 8.53. The van der Waals surface area contributed by atoms with E-state index in [4.69, 9.17) is 5.26 Å². The van der Waals surface area contributed by atoms with Gasteiger partial charge in [0.25, 0.3) is 0 Å². The van der Waals surface area contributed by atoms with E-state index in [-0.39, 0.29) is 12.8 Å². The van der Waals surface area contributed by atoms with Gasteiger partial charge in [0.05, 0.1) is 18.9 Å². The molecule has 0 radical (unpaired) electrons. The third-order valence-electron chi connectivity index (χ3n) is 1.75. The zero-order chi connectivity index (χ0) is 11.1. The predicted octanol–water partition coefficient (Wildman–Crippen LogP) is 1.83. The fourth-order valence-electron chi connectivity index (χ4n) is 1.09. The van der Waals surface area contributed by atoms with Crippen LogP contribution < -0.4 is 0 Å². The van der Waals surface area contributed by atoms with Crippen LogP contribution in [0.3, 0.4) is 0 Å². The summed E-state index contributed by atoms with van der Waals surface area (Å²) in [6.07, 6.45) is 0.976. The molecule has 0 N–H and O–H groups in total. The first-order chi connectivity index (χ1) is 7.27. The standard InChI is InChI=1S/C12H8FNO/c13-12-5-4-10(6-7-14)11(9-12)3-1-2-8-15/h4-5,8-9H,2,6H2. The Morgan fingerprint density at radius 1 is 1.47 bits per heavy atom. The number of hydrogen-bond acceptors (Lipinski definition) is 2. The number of hydrogen-bond donors (Lipinski definition) is 0. The summed E-state index contributed by atoms with van der Waals surface area (Å²) in [5.41, 5.74) is 1.15. The smallest absolute Gasteiger partial charge is 0.131 e. The molecule has 0 spiro atoms. The summed E-state index contributed by atoms with van der Waals surface area (Å²) in [5.74, 6) is 4.85. The van der Waals surface area contributed by atoms with Gasteiger partial charge in [0.15, 0.2) is 0 Å². The van der Waals surface area contributed by atoms with Gasteiger partial charge in [-0.2, -0.15) is 5.26 Å². The van der Waals surface area contributed by atoms with E-state index < -0.39 is 5.82 Å². The highest BCUT2D eigenvalue weighted by Crippen LogP contribution is 2.10. The summed E-state index contributed by atoms with van der Waals surface area (Å²) < 4.78 is 12.9. The maximum absolute atomic E-state index is 12.9. The second-order valence-corrected chi connectivity index (χ2v) is 2.81. The fourth-order valence-corrected chi connectivity index (χ4v) is 1.09. The van der Waals surface area contributed by atoms with Crippen LogP contribution in [0.25, 0.3) is 0 Å². The van der Waals surface area contributed by atoms with Crippen molar-refractivity contribution in [3.8, 4) is 17.9 Å². The lowest BCUT2D eigenvalue weighted by molar-refractivity contribution is -0.107. The molecule has 0 saturated heterocycles. The number of aldehydes is 1. The van der Waals surface area contributed by atoms with E-state index in [1.165, 1.54) is 18.2 Å². The molecule has 0 aromatic heterocycles. The van der Waals surface area contributed by atoms with Crippen LogP contribution in [0.4, 0.5) is 4.39 Å². The van der Waals surface area contributed by atoms with Crippen LogP contribution in [0.1, 0.15) is 17.5 Å². The molecule has 0 atom stereocenters. The van der Waals surface area contributed by atoms with Crippen LogP contribution in [0, 0.1) is 29.0 Å². The molecule has 0 aliphatic rings. The largest absolute Gasteiger partial charge is 0.302 e. The molecule has 15 heavy (non-hydrogen) atoms. The molecule has 0 bridgehead atoms. The lowest BCUT2D eigenvalue weighted by Gasteiger charge is -1.99. The van der Waals surface area contributed by atoms with Gasteiger partial charge < -0.3 is 4.79 Å². The van der Waals surface area contributed by atoms with Crippen molar-refractivity contribution in [3.63, 3.8) is 0 Å². The lowest BCUT2D eigenvalue weighted by Crippen LogP contribution is -1.90. The van der Waals surface area contributed by atoms with Crippen LogP contribution in [0.15, 0.2) is 18.2 Å². The Labute approximate surface area is 87.3 Å². The van der Waals surface area contributed by atoms with Crippen LogP contribution in [0.5, 0.6) is 0 Å². The molecule has 0 amide bonds. The summed E-state index contributed by atoms with van der Waals surface area (Å²) in [4.78, 5) is 10.0. The van der Waals surface area contributed by atoms with E-state index in [0.29, 0.717) is 17.4 Å². The molecular formula is C12H8FNO. The van der Waals surface area contributed by atoms with E-state index in [9.17, 15) is 9.18 Å². The second-order valence-electron chi connectivity index (χ2n) is 2.81. The Bertz CT molecular complexity index is 463. The maximum atomic E-state index is 12.9. The van der Waals surface area contributed by atoms with Crippen molar-refractivity contribution in [1.29, 1.82) is 5.26 Å². The van der Waals surface area contributed by atoms with Crippen LogP contribution in [0.2, 0.25) is 0 Å². The minimum Gasteiger partial charge on any atom is -0.302 e. The van der Waals surface area contributed by atoms with Crippen molar-refractivity contribution in [3.05, 3.63) is 35.1 Å². The summed E-state index contributed by atoms with van der Waals surface area (Å²) >= 11 is 0. The number of carbonyl (C=O) groups excluding carboxylic acids is 1. The molecule has 0 saturated carbocycles. The Balaban J connectivity index is 3.04. The van der Waals surface area contributed by atoms with E-state index in [1.807, 2.05) is 6.07 Å². The molecule has 0 aliphatic heterocycles. The Hall–Kier alpha value is -2.13. The van der Waals surface area contributed by atoms with Gasteiger partial charge in [0.1, 0.15) is 12.1 Å². The average Bonchev–Trinajstić information content (AvgIpc) is 2.22. The number of nitrogens with zero attached hydrogens (tertiary/aromatic N) is 1. The Morgan fingerprint density at radius 3 is 2.93 bits per heavy atom. The van der Waals surface area contributed by atoms with E-state index in [1.54, 1.807) is 0 Å². The molecule has 0 unspecified atom stereocenters. The van der Waals surface area contributed by atoms with Gasteiger partial charge in [0, 0.05) is 5.56 Å². The van der Waals surface area contributed by atoms with Gasteiger partial charge in [-0.05, 0) is 17.7 Å². The summed E-state index contributed by atoms with van der Waals surface area (Å²) in [7, 11) is 0. The van der Waals surface area contributed by atoms with E-state index in [2.05, 4.69) is 11.8 Å². The van der Waals surface area contributed by atoms with E-state index in [0.717, 1.165) is 0 Å². The first-order valence-corrected chi connectivity index (χ1v) is 4.36. The minimum absolute atomic E-state index is 0.114. The van der Waals surface area contributed by atoms with Crippen molar-refractivity contribution < 1.29 is 9.18 Å². The third-order valence-corrected chi connectivity index (χ3v) is 1.75. The zero-order valence-corrected chi connectivity index (χ0v) is 7.96. The molecule has 74 valence electrons. The molecule has 0 aliphatic carbocycles. The molecule has 1 rings (SSSR count). The Kier molecular flexibility index (Phi) is 4.06.